The van der Waals surface area contributed by atoms with Gasteiger partial charge in [0.2, 0.25) is 0 Å². The first-order chi connectivity index (χ1) is 15.1. The van der Waals surface area contributed by atoms with E-state index in [1.165, 1.54) is 11.3 Å². The SMILES string of the molecule is CCc1cccc2sc(N(Cc3ccccn3)C(=O)c3ccc(OC)c(OC)c3)nc12. The van der Waals surface area contributed by atoms with E-state index in [0.29, 0.717) is 28.7 Å². The molecule has 0 spiro atoms. The molecule has 4 rings (SSSR count). The van der Waals surface area contributed by atoms with Gasteiger partial charge in [-0.2, -0.15) is 0 Å². The highest BCUT2D eigenvalue weighted by molar-refractivity contribution is 7.22. The van der Waals surface area contributed by atoms with Gasteiger partial charge in [-0.1, -0.05) is 36.5 Å². The van der Waals surface area contributed by atoms with Crippen LogP contribution in [0, 0.1) is 0 Å². The third kappa shape index (κ3) is 4.22. The fourth-order valence-electron chi connectivity index (χ4n) is 3.40. The Morgan fingerprint density at radius 1 is 1.03 bits per heavy atom. The lowest BCUT2D eigenvalue weighted by molar-refractivity contribution is 0.0984. The Bertz CT molecular complexity index is 1210. The number of carbonyl (C=O) groups excluding carboxylic acids is 1. The van der Waals surface area contributed by atoms with E-state index in [-0.39, 0.29) is 5.91 Å². The standard InChI is InChI=1S/C24H23N3O3S/c1-4-16-8-7-10-21-22(16)26-24(31-21)27(15-18-9-5-6-13-25-18)23(28)17-11-12-19(29-2)20(14-17)30-3/h5-14H,4,15H2,1-3H3. The zero-order valence-corrected chi connectivity index (χ0v) is 18.5. The van der Waals surface area contributed by atoms with E-state index < -0.39 is 0 Å². The van der Waals surface area contributed by atoms with Crippen molar-refractivity contribution in [2.24, 2.45) is 0 Å². The van der Waals surface area contributed by atoms with Gasteiger partial charge in [0.05, 0.1) is 36.7 Å². The lowest BCUT2D eigenvalue weighted by atomic mass is 10.1. The lowest BCUT2D eigenvalue weighted by Crippen LogP contribution is -2.30. The maximum absolute atomic E-state index is 13.6. The van der Waals surface area contributed by atoms with Crippen molar-refractivity contribution >= 4 is 32.6 Å². The lowest BCUT2D eigenvalue weighted by Gasteiger charge is -2.20. The summed E-state index contributed by atoms with van der Waals surface area (Å²) in [7, 11) is 3.12. The largest absolute Gasteiger partial charge is 0.493 e. The Labute approximate surface area is 185 Å². The molecule has 0 saturated heterocycles. The van der Waals surface area contributed by atoms with E-state index >= 15 is 0 Å². The number of pyridine rings is 1. The van der Waals surface area contributed by atoms with Gasteiger partial charge in [0.15, 0.2) is 16.6 Å². The molecule has 0 aliphatic carbocycles. The Balaban J connectivity index is 1.79. The molecule has 31 heavy (non-hydrogen) atoms. The summed E-state index contributed by atoms with van der Waals surface area (Å²) in [4.78, 5) is 24.5. The summed E-state index contributed by atoms with van der Waals surface area (Å²) in [5.41, 5.74) is 3.38. The number of fused-ring (bicyclic) bond motifs is 1. The first kappa shape index (κ1) is 20.8. The van der Waals surface area contributed by atoms with Crippen LogP contribution in [-0.2, 0) is 13.0 Å². The molecule has 0 aliphatic rings. The van der Waals surface area contributed by atoms with Gasteiger partial charge in [0.1, 0.15) is 0 Å². The highest BCUT2D eigenvalue weighted by atomic mass is 32.1. The molecule has 6 nitrogen and oxygen atoms in total. The Kier molecular flexibility index (Phi) is 6.13. The fourth-order valence-corrected chi connectivity index (χ4v) is 4.41. The molecule has 2 aromatic heterocycles. The van der Waals surface area contributed by atoms with E-state index in [4.69, 9.17) is 14.5 Å². The van der Waals surface area contributed by atoms with Gasteiger partial charge in [-0.15, -0.1) is 0 Å². The topological polar surface area (TPSA) is 64.6 Å². The van der Waals surface area contributed by atoms with Crippen LogP contribution in [0.1, 0.15) is 28.5 Å². The molecule has 4 aromatic rings. The number of carbonyl (C=O) groups is 1. The summed E-state index contributed by atoms with van der Waals surface area (Å²) in [6, 6.07) is 17.0. The van der Waals surface area contributed by atoms with Gasteiger partial charge in [-0.25, -0.2) is 4.98 Å². The quantitative estimate of drug-likeness (QED) is 0.405. The van der Waals surface area contributed by atoms with Crippen LogP contribution in [0.25, 0.3) is 10.2 Å². The minimum atomic E-state index is -0.177. The number of amides is 1. The minimum absolute atomic E-state index is 0.177. The number of benzene rings is 2. The summed E-state index contributed by atoms with van der Waals surface area (Å²) in [6.07, 6.45) is 2.60. The second-order valence-electron chi connectivity index (χ2n) is 6.90. The van der Waals surface area contributed by atoms with E-state index in [9.17, 15) is 4.79 Å². The maximum atomic E-state index is 13.6. The van der Waals surface area contributed by atoms with Crippen molar-refractivity contribution in [3.8, 4) is 11.5 Å². The molecule has 0 radical (unpaired) electrons. The van der Waals surface area contributed by atoms with Crippen molar-refractivity contribution < 1.29 is 14.3 Å². The highest BCUT2D eigenvalue weighted by Gasteiger charge is 2.24. The van der Waals surface area contributed by atoms with Crippen LogP contribution in [0.3, 0.4) is 0 Å². The normalized spacial score (nSPS) is 10.8. The van der Waals surface area contributed by atoms with Crippen LogP contribution in [0.4, 0.5) is 5.13 Å². The molecular weight excluding hydrogens is 410 g/mol. The molecule has 2 aromatic carbocycles. The number of anilines is 1. The predicted molar refractivity (Wildman–Crippen MR) is 123 cm³/mol. The maximum Gasteiger partial charge on any atom is 0.260 e. The van der Waals surface area contributed by atoms with Gasteiger partial charge in [-0.3, -0.25) is 14.7 Å². The van der Waals surface area contributed by atoms with Crippen LogP contribution in [0.2, 0.25) is 0 Å². The van der Waals surface area contributed by atoms with Crippen LogP contribution in [0.15, 0.2) is 60.8 Å². The highest BCUT2D eigenvalue weighted by Crippen LogP contribution is 2.34. The van der Waals surface area contributed by atoms with Gasteiger partial charge in [-0.05, 0) is 48.4 Å². The molecule has 0 atom stereocenters. The zero-order valence-electron chi connectivity index (χ0n) is 17.7. The molecule has 7 heteroatoms. The zero-order chi connectivity index (χ0) is 21.8. The minimum Gasteiger partial charge on any atom is -0.493 e. The third-order valence-corrected chi connectivity index (χ3v) is 6.07. The summed E-state index contributed by atoms with van der Waals surface area (Å²) in [6.45, 7) is 2.42. The van der Waals surface area contributed by atoms with E-state index in [0.717, 1.165) is 27.9 Å². The first-order valence-corrected chi connectivity index (χ1v) is 10.8. The van der Waals surface area contributed by atoms with Crippen LogP contribution in [0.5, 0.6) is 11.5 Å². The molecule has 0 N–H and O–H groups in total. The van der Waals surface area contributed by atoms with Crippen LogP contribution < -0.4 is 14.4 Å². The average Bonchev–Trinajstić information content (AvgIpc) is 3.26. The third-order valence-electron chi connectivity index (χ3n) is 5.02. The molecule has 0 aliphatic heterocycles. The second kappa shape index (κ2) is 9.14. The first-order valence-electron chi connectivity index (χ1n) is 9.96. The average molecular weight is 434 g/mol. The number of hydrogen-bond donors (Lipinski definition) is 0. The summed E-state index contributed by atoms with van der Waals surface area (Å²) in [5.74, 6) is 0.898. The summed E-state index contributed by atoms with van der Waals surface area (Å²) >= 11 is 1.51. The molecule has 0 fully saturated rings. The summed E-state index contributed by atoms with van der Waals surface area (Å²) < 4.78 is 11.8. The van der Waals surface area contributed by atoms with E-state index in [1.807, 2.05) is 30.3 Å². The molecule has 158 valence electrons. The molecule has 0 unspecified atom stereocenters. The number of thiazole rings is 1. The summed E-state index contributed by atoms with van der Waals surface area (Å²) in [5, 5.41) is 0.640. The van der Waals surface area contributed by atoms with Crippen molar-refractivity contribution in [2.75, 3.05) is 19.1 Å². The van der Waals surface area contributed by atoms with Gasteiger partial charge >= 0.3 is 0 Å². The molecule has 0 bridgehead atoms. The van der Waals surface area contributed by atoms with Crippen molar-refractivity contribution in [1.82, 2.24) is 9.97 Å². The number of aryl methyl sites for hydroxylation is 1. The van der Waals surface area contributed by atoms with Crippen molar-refractivity contribution in [3.05, 3.63) is 77.6 Å². The number of methoxy groups -OCH3 is 2. The molecule has 0 saturated carbocycles. The molecule has 1 amide bonds. The number of rotatable bonds is 7. The second-order valence-corrected chi connectivity index (χ2v) is 7.91. The molecular formula is C24H23N3O3S. The number of ether oxygens (including phenoxy) is 2. The van der Waals surface area contributed by atoms with E-state index in [1.54, 1.807) is 43.5 Å². The Morgan fingerprint density at radius 2 is 1.87 bits per heavy atom. The monoisotopic (exact) mass is 433 g/mol. The number of hydrogen-bond acceptors (Lipinski definition) is 6. The molecule has 2 heterocycles. The smallest absolute Gasteiger partial charge is 0.260 e. The van der Waals surface area contributed by atoms with Crippen molar-refractivity contribution in [2.45, 2.75) is 19.9 Å². The Morgan fingerprint density at radius 3 is 2.58 bits per heavy atom. The van der Waals surface area contributed by atoms with Crippen molar-refractivity contribution in [1.29, 1.82) is 0 Å². The van der Waals surface area contributed by atoms with E-state index in [2.05, 4.69) is 18.0 Å². The van der Waals surface area contributed by atoms with Crippen molar-refractivity contribution in [3.63, 3.8) is 0 Å². The van der Waals surface area contributed by atoms with Crippen LogP contribution >= 0.6 is 11.3 Å². The Hall–Kier alpha value is -3.45. The van der Waals surface area contributed by atoms with Gasteiger partial charge < -0.3 is 9.47 Å². The number of nitrogens with zero attached hydrogens (tertiary/aromatic N) is 3. The van der Waals surface area contributed by atoms with Gasteiger partial charge in [0, 0.05) is 11.8 Å². The van der Waals surface area contributed by atoms with Gasteiger partial charge in [0.25, 0.3) is 5.91 Å². The fraction of sp³-hybridized carbons (Fsp3) is 0.208. The number of para-hydroxylation sites is 1. The number of aromatic nitrogens is 2. The van der Waals surface area contributed by atoms with Crippen LogP contribution in [-0.4, -0.2) is 30.1 Å². The predicted octanol–water partition coefficient (Wildman–Crippen LogP) is 5.12.